The highest BCUT2D eigenvalue weighted by Crippen LogP contribution is 2.34. The molecular formula is C42H36N2O3. The number of benzene rings is 6. The Kier molecular flexibility index (Phi) is 9.07. The van der Waals surface area contributed by atoms with E-state index < -0.39 is 0 Å². The molecule has 0 unspecified atom stereocenters. The molecule has 5 aromatic carbocycles. The van der Waals surface area contributed by atoms with E-state index in [9.17, 15) is 9.59 Å². The van der Waals surface area contributed by atoms with Crippen molar-refractivity contribution in [2.24, 2.45) is 0 Å². The maximum Gasteiger partial charge on any atom is 0.190 e. The highest BCUT2D eigenvalue weighted by molar-refractivity contribution is 5.98. The Hall–Kier alpha value is -5.81. The lowest BCUT2D eigenvalue weighted by Crippen LogP contribution is -2.21. The minimum absolute atomic E-state index is 0.0185. The number of allylic oxidation sites excluding steroid dienone is 1. The summed E-state index contributed by atoms with van der Waals surface area (Å²) in [7, 11) is 0. The second-order valence-electron chi connectivity index (χ2n) is 11.4. The summed E-state index contributed by atoms with van der Waals surface area (Å²) in [6.45, 7) is 10.8. The summed E-state index contributed by atoms with van der Waals surface area (Å²) in [6, 6.07) is 41.2. The van der Waals surface area contributed by atoms with Crippen LogP contribution in [0.25, 0.3) is 66.7 Å². The number of aromatic nitrogens is 1. The van der Waals surface area contributed by atoms with Crippen molar-refractivity contribution in [1.82, 2.24) is 4.98 Å². The Morgan fingerprint density at radius 1 is 0.702 bits per heavy atom. The van der Waals surface area contributed by atoms with Crippen molar-refractivity contribution in [3.63, 3.8) is 0 Å². The van der Waals surface area contributed by atoms with Gasteiger partial charge in [-0.2, -0.15) is 0 Å². The molecule has 5 heteroatoms. The van der Waals surface area contributed by atoms with Crippen LogP contribution in [0.3, 0.4) is 0 Å². The summed E-state index contributed by atoms with van der Waals surface area (Å²) >= 11 is 0. The van der Waals surface area contributed by atoms with Gasteiger partial charge in [0.25, 0.3) is 0 Å². The van der Waals surface area contributed by atoms with E-state index >= 15 is 0 Å². The minimum Gasteiger partial charge on any atom is -0.453 e. The fourth-order valence-corrected chi connectivity index (χ4v) is 5.77. The average molecular weight is 617 g/mol. The van der Waals surface area contributed by atoms with Crippen LogP contribution < -0.4 is 10.3 Å². The summed E-state index contributed by atoms with van der Waals surface area (Å²) < 4.78 is 6.23. The van der Waals surface area contributed by atoms with E-state index in [1.807, 2.05) is 30.3 Å². The molecule has 47 heavy (non-hydrogen) atoms. The smallest absolute Gasteiger partial charge is 0.190 e. The molecule has 5 aromatic rings. The zero-order valence-electron chi connectivity index (χ0n) is 26.9. The maximum absolute atomic E-state index is 13.3. The van der Waals surface area contributed by atoms with E-state index in [1.165, 1.54) is 29.7 Å². The Morgan fingerprint density at radius 3 is 1.79 bits per heavy atom. The van der Waals surface area contributed by atoms with E-state index in [1.54, 1.807) is 6.07 Å². The lowest BCUT2D eigenvalue weighted by molar-refractivity contribution is -0.112. The first-order valence-corrected chi connectivity index (χ1v) is 15.8. The highest BCUT2D eigenvalue weighted by Gasteiger charge is 2.17. The molecule has 7 rings (SSSR count). The van der Waals surface area contributed by atoms with Gasteiger partial charge in [-0.25, -0.2) is 4.98 Å². The molecule has 0 saturated carbocycles. The van der Waals surface area contributed by atoms with Crippen molar-refractivity contribution in [2.45, 2.75) is 20.8 Å². The summed E-state index contributed by atoms with van der Waals surface area (Å²) in [4.78, 5) is 30.1. The van der Waals surface area contributed by atoms with Crippen LogP contribution in [0.5, 0.6) is 0 Å². The number of hydrogen-bond acceptors (Lipinski definition) is 5. The van der Waals surface area contributed by atoms with Crippen molar-refractivity contribution in [3.05, 3.63) is 144 Å². The molecule has 0 amide bonds. The molecule has 0 atom stereocenters. The number of fused-ring (bicyclic) bond motifs is 4. The largest absolute Gasteiger partial charge is 0.453 e. The number of nitrogens with zero attached hydrogens (tertiary/aromatic N) is 2. The monoisotopic (exact) mass is 616 g/mol. The van der Waals surface area contributed by atoms with Crippen LogP contribution in [0.4, 0.5) is 5.69 Å². The van der Waals surface area contributed by atoms with Gasteiger partial charge >= 0.3 is 0 Å². The van der Waals surface area contributed by atoms with Crippen LogP contribution in [-0.2, 0) is 4.79 Å². The van der Waals surface area contributed by atoms with Crippen molar-refractivity contribution >= 4 is 33.3 Å². The molecule has 2 aliphatic rings. The Morgan fingerprint density at radius 2 is 1.23 bits per heavy atom. The fourth-order valence-electron chi connectivity index (χ4n) is 5.77. The van der Waals surface area contributed by atoms with Gasteiger partial charge in [-0.15, -0.1) is 0 Å². The van der Waals surface area contributed by atoms with Crippen LogP contribution in [0.1, 0.15) is 20.8 Å². The molecule has 1 heterocycles. The number of carbonyl (C=O) groups excluding carboxylic acids is 1. The van der Waals surface area contributed by atoms with Gasteiger partial charge in [-0.05, 0) is 78.4 Å². The number of ketones is 1. The molecule has 0 spiro atoms. The maximum atomic E-state index is 13.3. The molecule has 0 N–H and O–H groups in total. The summed E-state index contributed by atoms with van der Waals surface area (Å²) in [5.74, 6) is 0.525. The zero-order valence-corrected chi connectivity index (χ0v) is 26.9. The Labute approximate surface area is 274 Å². The molecule has 0 saturated heterocycles. The Bertz CT molecular complexity index is 2210. The van der Waals surface area contributed by atoms with E-state index in [0.29, 0.717) is 22.4 Å². The first kappa shape index (κ1) is 31.2. The van der Waals surface area contributed by atoms with E-state index in [0.717, 1.165) is 46.4 Å². The van der Waals surface area contributed by atoms with Crippen LogP contribution in [0, 0.1) is 0 Å². The SMILES string of the molecule is C=CC(C)=O.CCN(CC)c1ccc2nc3c4ccc(-c5ccc(-c6ccc(-c7ccccc7)cc6)cc5)cc4c(=O)cc-3oc2c1. The molecule has 5 nitrogen and oxygen atoms in total. The third-order valence-electron chi connectivity index (χ3n) is 8.39. The zero-order chi connectivity index (χ0) is 32.9. The van der Waals surface area contributed by atoms with E-state index in [4.69, 9.17) is 9.40 Å². The second-order valence-corrected chi connectivity index (χ2v) is 11.4. The number of rotatable bonds is 7. The molecule has 0 aromatic heterocycles. The normalized spacial score (nSPS) is 10.9. The van der Waals surface area contributed by atoms with Gasteiger partial charge in [0.1, 0.15) is 11.2 Å². The van der Waals surface area contributed by atoms with Gasteiger partial charge in [0.2, 0.25) is 0 Å². The minimum atomic E-state index is -0.0701. The lowest BCUT2D eigenvalue weighted by Gasteiger charge is -2.21. The number of anilines is 1. The van der Waals surface area contributed by atoms with Crippen LogP contribution in [0.2, 0.25) is 0 Å². The van der Waals surface area contributed by atoms with Gasteiger partial charge in [0, 0.05) is 41.7 Å². The molecule has 0 fully saturated rings. The van der Waals surface area contributed by atoms with Crippen LogP contribution in [0.15, 0.2) is 143 Å². The predicted molar refractivity (Wildman–Crippen MR) is 195 cm³/mol. The van der Waals surface area contributed by atoms with Crippen molar-refractivity contribution < 1.29 is 9.21 Å². The van der Waals surface area contributed by atoms with Crippen molar-refractivity contribution in [2.75, 3.05) is 18.0 Å². The quantitative estimate of drug-likeness (QED) is 0.101. The number of hydrogen-bond donors (Lipinski definition) is 0. The average Bonchev–Trinajstić information content (AvgIpc) is 3.12. The molecule has 0 radical (unpaired) electrons. The van der Waals surface area contributed by atoms with Gasteiger partial charge in [-0.3, -0.25) is 9.59 Å². The Balaban J connectivity index is 0.000000720. The molecule has 1 aliphatic carbocycles. The number of carbonyl (C=O) groups is 1. The lowest BCUT2D eigenvalue weighted by atomic mass is 9.96. The topological polar surface area (TPSA) is 63.4 Å². The molecule has 232 valence electrons. The first-order chi connectivity index (χ1) is 22.9. The van der Waals surface area contributed by atoms with Gasteiger partial charge < -0.3 is 9.32 Å². The van der Waals surface area contributed by atoms with Crippen molar-refractivity contribution in [3.8, 4) is 44.8 Å². The molecular weight excluding hydrogens is 580 g/mol. The summed E-state index contributed by atoms with van der Waals surface area (Å²) in [5.41, 5.74) is 9.94. The predicted octanol–water partition coefficient (Wildman–Crippen LogP) is 10.1. The summed E-state index contributed by atoms with van der Waals surface area (Å²) in [6.07, 6.45) is 1.28. The third kappa shape index (κ3) is 6.61. The molecule has 1 aliphatic heterocycles. The van der Waals surface area contributed by atoms with E-state index in [-0.39, 0.29) is 11.2 Å². The standard InChI is InChI=1S/C38H30N2O2.C4H6O/c1-3-40(4-2)31-19-21-34-36(23-31)42-37-24-35(41)33-22-30(18-20-32(33)38(37)39-34)29-16-14-28(15-17-29)27-12-10-26(11-13-27)25-8-6-5-7-9-25;1-3-4(2)5/h5-24H,3-4H2,1-2H3;3H,1H2,2H3. The van der Waals surface area contributed by atoms with Gasteiger partial charge in [-0.1, -0.05) is 97.6 Å². The van der Waals surface area contributed by atoms with Gasteiger partial charge in [0.15, 0.2) is 22.6 Å². The first-order valence-electron chi connectivity index (χ1n) is 15.8. The van der Waals surface area contributed by atoms with Crippen LogP contribution >= 0.6 is 0 Å². The third-order valence-corrected chi connectivity index (χ3v) is 8.39. The fraction of sp³-hybridized carbons (Fsp3) is 0.119. The second kappa shape index (κ2) is 13.7. The van der Waals surface area contributed by atoms with Gasteiger partial charge in [0.05, 0.1) is 0 Å². The summed E-state index contributed by atoms with van der Waals surface area (Å²) in [5, 5.41) is 1.44. The highest BCUT2D eigenvalue weighted by atomic mass is 16.3. The van der Waals surface area contributed by atoms with Crippen LogP contribution in [-0.4, -0.2) is 23.9 Å². The van der Waals surface area contributed by atoms with E-state index in [2.05, 4.69) is 110 Å². The van der Waals surface area contributed by atoms with Crippen molar-refractivity contribution in [1.29, 1.82) is 0 Å². The molecule has 0 bridgehead atoms.